The zero-order chi connectivity index (χ0) is 11.9. The van der Waals surface area contributed by atoms with Crippen LogP contribution in [0.3, 0.4) is 0 Å². The number of aromatic nitrogens is 1. The first-order valence-electron chi connectivity index (χ1n) is 6.07. The van der Waals surface area contributed by atoms with Gasteiger partial charge in [-0.25, -0.2) is 5.11 Å². The molecule has 0 spiro atoms. The van der Waals surface area contributed by atoms with Gasteiger partial charge >= 0.3 is 0 Å². The number of hydrogen-bond acceptors (Lipinski definition) is 4. The lowest BCUT2D eigenvalue weighted by Gasteiger charge is -2.12. The normalized spacial score (nSPS) is 18.2. The van der Waals surface area contributed by atoms with Crippen molar-refractivity contribution in [3.8, 4) is 0 Å². The fourth-order valence-electron chi connectivity index (χ4n) is 1.89. The van der Waals surface area contributed by atoms with Crippen molar-refractivity contribution in [2.75, 3.05) is 26.2 Å². The van der Waals surface area contributed by atoms with E-state index in [1.165, 1.54) is 0 Å². The molecule has 2 rings (SSSR count). The van der Waals surface area contributed by atoms with Crippen LogP contribution in [0.5, 0.6) is 0 Å². The highest BCUT2D eigenvalue weighted by molar-refractivity contribution is 5.21. The molecule has 2 bridgehead atoms. The van der Waals surface area contributed by atoms with Crippen molar-refractivity contribution >= 4 is 0 Å². The van der Waals surface area contributed by atoms with Crippen molar-refractivity contribution in [2.45, 2.75) is 19.7 Å². The minimum Gasteiger partial charge on any atom is -0.314 e. The highest BCUT2D eigenvalue weighted by atomic mass is 16.3. The van der Waals surface area contributed by atoms with E-state index in [4.69, 9.17) is 0 Å². The van der Waals surface area contributed by atoms with Crippen LogP contribution in [0.15, 0.2) is 12.1 Å². The smallest absolute Gasteiger partial charge is 0.107 e. The van der Waals surface area contributed by atoms with E-state index in [1.54, 1.807) is 0 Å². The summed E-state index contributed by atoms with van der Waals surface area (Å²) in [5.74, 6) is 0. The quantitative estimate of drug-likeness (QED) is 0.630. The van der Waals surface area contributed by atoms with E-state index in [9.17, 15) is 5.11 Å². The first kappa shape index (κ1) is 12.4. The molecular formula is C12H19N4O. The van der Waals surface area contributed by atoms with Crippen LogP contribution in [0.2, 0.25) is 0 Å². The van der Waals surface area contributed by atoms with Gasteiger partial charge in [-0.15, -0.1) is 0 Å². The Morgan fingerprint density at radius 1 is 0.941 bits per heavy atom. The van der Waals surface area contributed by atoms with Crippen LogP contribution in [0.4, 0.5) is 0 Å². The summed E-state index contributed by atoms with van der Waals surface area (Å²) in [6.07, 6.45) is 0. The molecule has 0 saturated heterocycles. The maximum absolute atomic E-state index is 11.0. The lowest BCUT2D eigenvalue weighted by molar-refractivity contribution is 0.177. The third-order valence-electron chi connectivity index (χ3n) is 2.73. The zero-order valence-corrected chi connectivity index (χ0v) is 9.96. The molecular weight excluding hydrogens is 216 g/mol. The zero-order valence-electron chi connectivity index (χ0n) is 9.96. The molecule has 0 amide bonds. The number of nitrogens with one attached hydrogen (secondary N) is 3. The fourth-order valence-corrected chi connectivity index (χ4v) is 1.89. The van der Waals surface area contributed by atoms with E-state index < -0.39 is 0 Å². The summed E-state index contributed by atoms with van der Waals surface area (Å²) in [4.78, 5) is 4.53. The maximum atomic E-state index is 11.0. The first-order valence-corrected chi connectivity index (χ1v) is 6.07. The molecule has 0 aromatic carbocycles. The van der Waals surface area contributed by atoms with Gasteiger partial charge in [0, 0.05) is 39.3 Å². The third kappa shape index (κ3) is 4.05. The van der Waals surface area contributed by atoms with Gasteiger partial charge in [-0.1, -0.05) is 0 Å². The predicted octanol–water partition coefficient (Wildman–Crippen LogP) is -0.205. The number of nitrogens with zero attached hydrogens (tertiary/aromatic N) is 1. The minimum atomic E-state index is -0.177. The van der Waals surface area contributed by atoms with Gasteiger partial charge in [0.1, 0.15) is 6.61 Å². The van der Waals surface area contributed by atoms with E-state index >= 15 is 0 Å². The van der Waals surface area contributed by atoms with Crippen molar-refractivity contribution in [1.82, 2.24) is 20.9 Å². The second-order valence-electron chi connectivity index (χ2n) is 4.21. The summed E-state index contributed by atoms with van der Waals surface area (Å²) < 4.78 is 0. The van der Waals surface area contributed by atoms with Gasteiger partial charge in [-0.05, 0) is 17.7 Å². The lowest BCUT2D eigenvalue weighted by atomic mass is 10.2. The molecule has 93 valence electrons. The monoisotopic (exact) mass is 235 g/mol. The van der Waals surface area contributed by atoms with Crippen molar-refractivity contribution in [3.05, 3.63) is 29.1 Å². The molecule has 0 atom stereocenters. The SMILES string of the molecule is [O]Cc1cc2nc(c1)CNCCNCCNC2. The minimum absolute atomic E-state index is 0.177. The molecule has 0 saturated carbocycles. The van der Waals surface area contributed by atoms with E-state index in [-0.39, 0.29) is 6.61 Å². The van der Waals surface area contributed by atoms with E-state index in [0.29, 0.717) is 0 Å². The third-order valence-corrected chi connectivity index (χ3v) is 2.73. The van der Waals surface area contributed by atoms with Crippen LogP contribution in [-0.4, -0.2) is 31.2 Å². The van der Waals surface area contributed by atoms with Crippen LogP contribution in [0, 0.1) is 0 Å². The number of pyridine rings is 1. The molecule has 5 nitrogen and oxygen atoms in total. The summed E-state index contributed by atoms with van der Waals surface area (Å²) in [6, 6.07) is 3.78. The van der Waals surface area contributed by atoms with Crippen molar-refractivity contribution in [3.63, 3.8) is 0 Å². The highest BCUT2D eigenvalue weighted by Gasteiger charge is 2.04. The Kier molecular flexibility index (Phi) is 4.88. The molecule has 2 heterocycles. The molecule has 0 aliphatic carbocycles. The van der Waals surface area contributed by atoms with E-state index in [2.05, 4.69) is 20.9 Å². The van der Waals surface area contributed by atoms with Crippen LogP contribution < -0.4 is 16.0 Å². The van der Waals surface area contributed by atoms with Gasteiger partial charge in [0.25, 0.3) is 0 Å². The number of rotatable bonds is 1. The van der Waals surface area contributed by atoms with Crippen LogP contribution in [0.1, 0.15) is 17.0 Å². The molecule has 1 aliphatic heterocycles. The average Bonchev–Trinajstić information content (AvgIpc) is 2.35. The van der Waals surface area contributed by atoms with Crippen LogP contribution in [0.25, 0.3) is 0 Å². The van der Waals surface area contributed by atoms with Crippen LogP contribution >= 0.6 is 0 Å². The summed E-state index contributed by atoms with van der Waals surface area (Å²) >= 11 is 0. The fraction of sp³-hybridized carbons (Fsp3) is 0.583. The van der Waals surface area contributed by atoms with Crippen molar-refractivity contribution in [2.24, 2.45) is 0 Å². The Bertz CT molecular complexity index is 328. The van der Waals surface area contributed by atoms with Gasteiger partial charge in [-0.3, -0.25) is 4.98 Å². The standard InChI is InChI=1S/C12H19N4O/c17-9-10-5-11-7-14-3-1-13-2-4-15-8-12(6-10)16-11/h5-6,13-15H,1-4,7-9H2. The Labute approximate surface area is 102 Å². The molecule has 5 heteroatoms. The first-order chi connectivity index (χ1) is 8.38. The topological polar surface area (TPSA) is 68.9 Å². The molecule has 3 N–H and O–H groups in total. The summed E-state index contributed by atoms with van der Waals surface area (Å²) in [5, 5.41) is 20.9. The molecule has 1 radical (unpaired) electrons. The van der Waals surface area contributed by atoms with Gasteiger partial charge < -0.3 is 16.0 Å². The van der Waals surface area contributed by atoms with Gasteiger partial charge in [0.15, 0.2) is 0 Å². The maximum Gasteiger partial charge on any atom is 0.107 e. The van der Waals surface area contributed by atoms with Gasteiger partial charge in [0.05, 0.1) is 11.4 Å². The van der Waals surface area contributed by atoms with E-state index in [1.807, 2.05) is 12.1 Å². The Hall–Kier alpha value is -1.01. The average molecular weight is 235 g/mol. The van der Waals surface area contributed by atoms with Crippen LogP contribution in [-0.2, 0) is 24.8 Å². The second-order valence-corrected chi connectivity index (χ2v) is 4.21. The summed E-state index contributed by atoms with van der Waals surface area (Å²) in [7, 11) is 0. The largest absolute Gasteiger partial charge is 0.314 e. The summed E-state index contributed by atoms with van der Waals surface area (Å²) in [6.45, 7) is 5.01. The lowest BCUT2D eigenvalue weighted by Crippen LogP contribution is -2.33. The van der Waals surface area contributed by atoms with Crippen molar-refractivity contribution < 1.29 is 5.11 Å². The Balaban J connectivity index is 2.11. The molecule has 17 heavy (non-hydrogen) atoms. The number of hydrogen-bond donors (Lipinski definition) is 3. The molecule has 1 aromatic heterocycles. The summed E-state index contributed by atoms with van der Waals surface area (Å²) in [5.41, 5.74) is 2.73. The Morgan fingerprint density at radius 2 is 1.47 bits per heavy atom. The predicted molar refractivity (Wildman–Crippen MR) is 64.9 cm³/mol. The van der Waals surface area contributed by atoms with Crippen molar-refractivity contribution in [1.29, 1.82) is 0 Å². The van der Waals surface area contributed by atoms with E-state index in [0.717, 1.165) is 56.2 Å². The molecule has 0 unspecified atom stereocenters. The molecule has 1 aliphatic rings. The second kappa shape index (κ2) is 6.66. The Morgan fingerprint density at radius 3 is 2.00 bits per heavy atom. The molecule has 1 aromatic rings. The highest BCUT2D eigenvalue weighted by Crippen LogP contribution is 2.07. The number of fused-ring (bicyclic) bond motifs is 2. The van der Waals surface area contributed by atoms with Gasteiger partial charge in [-0.2, -0.15) is 0 Å². The molecule has 0 fully saturated rings. The van der Waals surface area contributed by atoms with Gasteiger partial charge in [0.2, 0.25) is 0 Å².